The maximum absolute atomic E-state index is 12.9. The molecule has 0 aliphatic heterocycles. The maximum atomic E-state index is 12.9. The summed E-state index contributed by atoms with van der Waals surface area (Å²) in [5.41, 5.74) is 1.94. The molecule has 2 heterocycles. The second kappa shape index (κ2) is 7.30. The van der Waals surface area contributed by atoms with Gasteiger partial charge in [0.15, 0.2) is 0 Å². The molecule has 25 heavy (non-hydrogen) atoms. The van der Waals surface area contributed by atoms with Crippen LogP contribution in [0.3, 0.4) is 0 Å². The Hall–Kier alpha value is -2.95. The lowest BCUT2D eigenvalue weighted by atomic mass is 10.1. The molecule has 0 radical (unpaired) electrons. The number of carbonyl (C=O) groups excluding carboxylic acids is 1. The van der Waals surface area contributed by atoms with Crippen molar-refractivity contribution in [2.75, 3.05) is 5.32 Å². The van der Waals surface area contributed by atoms with Crippen LogP contribution in [0.4, 0.5) is 5.69 Å². The number of nitrogens with one attached hydrogen (secondary N) is 1. The van der Waals surface area contributed by atoms with Crippen LogP contribution in [0.1, 0.15) is 35.8 Å². The van der Waals surface area contributed by atoms with Crippen molar-refractivity contribution in [1.29, 1.82) is 0 Å². The fourth-order valence-electron chi connectivity index (χ4n) is 2.82. The van der Waals surface area contributed by atoms with Gasteiger partial charge in [0.05, 0.1) is 0 Å². The van der Waals surface area contributed by atoms with Crippen LogP contribution in [0, 0.1) is 6.92 Å². The lowest BCUT2D eigenvalue weighted by Crippen LogP contribution is -2.29. The number of amides is 1. The number of anilines is 1. The summed E-state index contributed by atoms with van der Waals surface area (Å²) in [5.74, 6) is -0.290. The molecule has 0 bridgehead atoms. The third kappa shape index (κ3) is 3.60. The Morgan fingerprint density at radius 3 is 2.64 bits per heavy atom. The molecule has 5 nitrogen and oxygen atoms in total. The highest BCUT2D eigenvalue weighted by molar-refractivity contribution is 6.05. The van der Waals surface area contributed by atoms with Crippen LogP contribution in [0.5, 0.6) is 0 Å². The highest BCUT2D eigenvalue weighted by Crippen LogP contribution is 2.16. The summed E-state index contributed by atoms with van der Waals surface area (Å²) in [4.78, 5) is 29.6. The van der Waals surface area contributed by atoms with E-state index in [1.165, 1.54) is 0 Å². The van der Waals surface area contributed by atoms with Crippen molar-refractivity contribution in [1.82, 2.24) is 9.55 Å². The van der Waals surface area contributed by atoms with Crippen LogP contribution in [0.2, 0.25) is 0 Å². The maximum Gasteiger partial charge on any atom is 0.272 e. The summed E-state index contributed by atoms with van der Waals surface area (Å²) in [6.07, 6.45) is 5.02. The molecule has 0 atom stereocenters. The number of hydrogen-bond donors (Lipinski definition) is 1. The molecule has 0 aliphatic carbocycles. The fraction of sp³-hybridized carbons (Fsp3) is 0.250. The van der Waals surface area contributed by atoms with E-state index in [4.69, 9.17) is 0 Å². The Morgan fingerprint density at radius 2 is 1.92 bits per heavy atom. The molecule has 0 saturated carbocycles. The summed E-state index contributed by atoms with van der Waals surface area (Å²) in [5, 5.41) is 4.27. The molecule has 0 saturated heterocycles. The Morgan fingerprint density at radius 1 is 1.16 bits per heavy atom. The van der Waals surface area contributed by atoms with Crippen LogP contribution in [-0.2, 0) is 6.54 Å². The van der Waals surface area contributed by atoms with Crippen LogP contribution in [0.15, 0.2) is 53.6 Å². The third-order valence-electron chi connectivity index (χ3n) is 4.17. The van der Waals surface area contributed by atoms with Crippen molar-refractivity contribution in [2.24, 2.45) is 0 Å². The molecule has 2 aromatic heterocycles. The predicted molar refractivity (Wildman–Crippen MR) is 100 cm³/mol. The van der Waals surface area contributed by atoms with E-state index >= 15 is 0 Å². The Labute approximate surface area is 146 Å². The van der Waals surface area contributed by atoms with E-state index < -0.39 is 0 Å². The first kappa shape index (κ1) is 16.9. The quantitative estimate of drug-likeness (QED) is 0.772. The zero-order chi connectivity index (χ0) is 17.8. The molecule has 0 aliphatic rings. The van der Waals surface area contributed by atoms with E-state index in [1.54, 1.807) is 35.2 Å². The second-order valence-electron chi connectivity index (χ2n) is 6.12. The van der Waals surface area contributed by atoms with Gasteiger partial charge in [0.1, 0.15) is 5.69 Å². The molecule has 3 rings (SSSR count). The molecule has 3 aromatic rings. The lowest BCUT2D eigenvalue weighted by Gasteiger charge is -2.14. The molecule has 0 spiro atoms. The van der Waals surface area contributed by atoms with Crippen molar-refractivity contribution in [3.8, 4) is 0 Å². The van der Waals surface area contributed by atoms with Gasteiger partial charge in [0, 0.05) is 30.0 Å². The van der Waals surface area contributed by atoms with Gasteiger partial charge in [0.25, 0.3) is 11.5 Å². The smallest absolute Gasteiger partial charge is 0.272 e. The van der Waals surface area contributed by atoms with Gasteiger partial charge in [-0.2, -0.15) is 0 Å². The minimum absolute atomic E-state index is 0.116. The van der Waals surface area contributed by atoms with Crippen LogP contribution in [0.25, 0.3) is 10.8 Å². The second-order valence-corrected chi connectivity index (χ2v) is 6.12. The summed E-state index contributed by atoms with van der Waals surface area (Å²) in [6.45, 7) is 4.55. The molecule has 1 N–H and O–H groups in total. The molecule has 1 aromatic carbocycles. The normalized spacial score (nSPS) is 10.8. The van der Waals surface area contributed by atoms with Crippen molar-refractivity contribution in [3.63, 3.8) is 0 Å². The SMILES string of the molecule is CCCCn1c(C(=O)Nc2ccncc2)cc2ccc(C)cc2c1=O. The number of aromatic nitrogens is 2. The van der Waals surface area contributed by atoms with Crippen molar-refractivity contribution >= 4 is 22.4 Å². The Kier molecular flexibility index (Phi) is 4.93. The van der Waals surface area contributed by atoms with E-state index in [-0.39, 0.29) is 11.5 Å². The summed E-state index contributed by atoms with van der Waals surface area (Å²) >= 11 is 0. The molecule has 0 fully saturated rings. The summed E-state index contributed by atoms with van der Waals surface area (Å²) in [7, 11) is 0. The number of unbranched alkanes of at least 4 members (excludes halogenated alkanes) is 1. The van der Waals surface area contributed by atoms with Gasteiger partial charge in [0.2, 0.25) is 0 Å². The monoisotopic (exact) mass is 335 g/mol. The van der Waals surface area contributed by atoms with Crippen molar-refractivity contribution in [2.45, 2.75) is 33.2 Å². The van der Waals surface area contributed by atoms with E-state index in [0.29, 0.717) is 23.3 Å². The van der Waals surface area contributed by atoms with Gasteiger partial charge in [-0.15, -0.1) is 0 Å². The highest BCUT2D eigenvalue weighted by Gasteiger charge is 2.16. The number of nitrogens with zero attached hydrogens (tertiary/aromatic N) is 2. The van der Waals surface area contributed by atoms with E-state index in [9.17, 15) is 9.59 Å². The van der Waals surface area contributed by atoms with Gasteiger partial charge in [-0.3, -0.25) is 14.6 Å². The highest BCUT2D eigenvalue weighted by atomic mass is 16.2. The van der Waals surface area contributed by atoms with Gasteiger partial charge in [-0.25, -0.2) is 0 Å². The number of hydrogen-bond acceptors (Lipinski definition) is 3. The van der Waals surface area contributed by atoms with Gasteiger partial charge in [-0.1, -0.05) is 31.0 Å². The minimum Gasteiger partial charge on any atom is -0.321 e. The first-order valence-electron chi connectivity index (χ1n) is 8.45. The summed E-state index contributed by atoms with van der Waals surface area (Å²) < 4.78 is 1.59. The average molecular weight is 335 g/mol. The standard InChI is InChI=1S/C20H21N3O2/c1-3-4-11-23-18(19(24)22-16-7-9-21-10-8-16)13-15-6-5-14(2)12-17(15)20(23)25/h5-10,12-13H,3-4,11H2,1-2H3,(H,21,22,24). The van der Waals surface area contributed by atoms with Gasteiger partial charge < -0.3 is 9.88 Å². The Bertz CT molecular complexity index is 962. The number of pyridine rings is 2. The van der Waals surface area contributed by atoms with Crippen molar-refractivity contribution < 1.29 is 4.79 Å². The average Bonchev–Trinajstić information content (AvgIpc) is 2.62. The first-order chi connectivity index (χ1) is 12.1. The number of carbonyl (C=O) groups is 1. The lowest BCUT2D eigenvalue weighted by molar-refractivity contribution is 0.101. The summed E-state index contributed by atoms with van der Waals surface area (Å²) in [6, 6.07) is 10.9. The third-order valence-corrected chi connectivity index (χ3v) is 4.17. The number of benzene rings is 1. The predicted octanol–water partition coefficient (Wildman–Crippen LogP) is 3.76. The first-order valence-corrected chi connectivity index (χ1v) is 8.45. The molecule has 5 heteroatoms. The Balaban J connectivity index is 2.10. The topological polar surface area (TPSA) is 64.0 Å². The number of rotatable bonds is 5. The zero-order valence-electron chi connectivity index (χ0n) is 14.5. The van der Waals surface area contributed by atoms with E-state index in [1.807, 2.05) is 25.1 Å². The van der Waals surface area contributed by atoms with Gasteiger partial charge >= 0.3 is 0 Å². The molecule has 128 valence electrons. The molecule has 0 unspecified atom stereocenters. The molecule has 1 amide bonds. The van der Waals surface area contributed by atoms with Crippen LogP contribution < -0.4 is 10.9 Å². The van der Waals surface area contributed by atoms with Crippen molar-refractivity contribution in [3.05, 3.63) is 70.4 Å². The number of fused-ring (bicyclic) bond motifs is 1. The van der Waals surface area contributed by atoms with E-state index in [0.717, 1.165) is 23.8 Å². The van der Waals surface area contributed by atoms with E-state index in [2.05, 4.69) is 17.2 Å². The van der Waals surface area contributed by atoms with Gasteiger partial charge in [-0.05, 0) is 43.0 Å². The fourth-order valence-corrected chi connectivity index (χ4v) is 2.82. The largest absolute Gasteiger partial charge is 0.321 e. The molecular weight excluding hydrogens is 314 g/mol. The molecular formula is C20H21N3O2. The zero-order valence-corrected chi connectivity index (χ0v) is 14.5. The number of aryl methyl sites for hydroxylation is 1. The van der Waals surface area contributed by atoms with Crippen LogP contribution >= 0.6 is 0 Å². The minimum atomic E-state index is -0.290. The van der Waals surface area contributed by atoms with Crippen LogP contribution in [-0.4, -0.2) is 15.5 Å².